The second-order valence-electron chi connectivity index (χ2n) is 4.78. The number of halogens is 2. The molecule has 120 valence electrons. The van der Waals surface area contributed by atoms with E-state index < -0.39 is 0 Å². The lowest BCUT2D eigenvalue weighted by atomic mass is 10.2. The average molecular weight is 393 g/mol. The van der Waals surface area contributed by atoms with Gasteiger partial charge in [0.15, 0.2) is 4.32 Å². The summed E-state index contributed by atoms with van der Waals surface area (Å²) < 4.78 is 0.363. The summed E-state index contributed by atoms with van der Waals surface area (Å²) >= 11 is 18.6. The van der Waals surface area contributed by atoms with Crippen LogP contribution in [-0.2, 0) is 4.79 Å². The molecule has 0 radical (unpaired) electrons. The first kappa shape index (κ1) is 17.2. The predicted molar refractivity (Wildman–Crippen MR) is 106 cm³/mol. The molecule has 0 unspecified atom stereocenters. The van der Waals surface area contributed by atoms with Gasteiger partial charge in [0.25, 0.3) is 5.91 Å². The van der Waals surface area contributed by atoms with E-state index in [0.29, 0.717) is 24.8 Å². The summed E-state index contributed by atoms with van der Waals surface area (Å²) in [6, 6.07) is 14.5. The van der Waals surface area contributed by atoms with E-state index in [1.54, 1.807) is 18.2 Å². The highest BCUT2D eigenvalue weighted by Crippen LogP contribution is 2.33. The van der Waals surface area contributed by atoms with Gasteiger partial charge in [0.2, 0.25) is 0 Å². The lowest BCUT2D eigenvalue weighted by Crippen LogP contribution is -2.22. The third kappa shape index (κ3) is 3.70. The first-order chi connectivity index (χ1) is 11.6. The molecule has 0 atom stereocenters. The van der Waals surface area contributed by atoms with Crippen molar-refractivity contribution < 1.29 is 4.79 Å². The number of hydrogen-bond donors (Lipinski definition) is 0. The van der Waals surface area contributed by atoms with Crippen LogP contribution in [0.3, 0.4) is 0 Å². The van der Waals surface area contributed by atoms with Gasteiger partial charge in [-0.15, -0.1) is 0 Å². The van der Waals surface area contributed by atoms with Gasteiger partial charge in [0.05, 0.1) is 11.1 Å². The lowest BCUT2D eigenvalue weighted by Gasteiger charge is -2.06. The summed E-state index contributed by atoms with van der Waals surface area (Å²) in [6.45, 7) is 0. The first-order valence-electron chi connectivity index (χ1n) is 6.87. The molecule has 0 aliphatic carbocycles. The van der Waals surface area contributed by atoms with Crippen LogP contribution < -0.4 is 0 Å². The predicted octanol–water partition coefficient (Wildman–Crippen LogP) is 5.23. The fourth-order valence-electron chi connectivity index (χ4n) is 1.99. The average Bonchev–Trinajstić information content (AvgIpc) is 2.83. The lowest BCUT2D eigenvalue weighted by molar-refractivity contribution is -0.122. The van der Waals surface area contributed by atoms with Gasteiger partial charge >= 0.3 is 0 Å². The first-order valence-corrected chi connectivity index (χ1v) is 8.85. The van der Waals surface area contributed by atoms with E-state index in [9.17, 15) is 4.79 Å². The molecule has 0 spiro atoms. The van der Waals surface area contributed by atoms with Gasteiger partial charge in [-0.2, -0.15) is 10.1 Å². The van der Waals surface area contributed by atoms with Crippen LogP contribution in [0, 0.1) is 0 Å². The van der Waals surface area contributed by atoms with Gasteiger partial charge < -0.3 is 0 Å². The summed E-state index contributed by atoms with van der Waals surface area (Å²) in [5.41, 5.74) is 1.47. The number of hydrogen-bond acceptors (Lipinski definition) is 4. The van der Waals surface area contributed by atoms with E-state index in [4.69, 9.17) is 35.4 Å². The van der Waals surface area contributed by atoms with E-state index in [1.807, 2.05) is 36.4 Å². The molecule has 24 heavy (non-hydrogen) atoms. The fraction of sp³-hybridized carbons (Fsp3) is 0. The highest BCUT2D eigenvalue weighted by molar-refractivity contribution is 8.26. The molecule has 0 aromatic heterocycles. The molecule has 7 heteroatoms. The zero-order valence-corrected chi connectivity index (χ0v) is 15.3. The van der Waals surface area contributed by atoms with Crippen molar-refractivity contribution in [2.45, 2.75) is 0 Å². The number of thioether (sulfide) groups is 1. The number of nitrogens with zero attached hydrogens (tertiary/aromatic N) is 2. The Morgan fingerprint density at radius 2 is 1.58 bits per heavy atom. The van der Waals surface area contributed by atoms with Crippen LogP contribution in [0.4, 0.5) is 0 Å². The summed E-state index contributed by atoms with van der Waals surface area (Å²) in [5, 5.41) is 6.48. The Kier molecular flexibility index (Phi) is 5.36. The molecule has 0 N–H and O–H groups in total. The molecule has 3 nitrogen and oxygen atoms in total. The molecule has 2 aromatic rings. The van der Waals surface area contributed by atoms with Crippen LogP contribution in [0.5, 0.6) is 0 Å². The number of rotatable bonds is 3. The third-order valence-electron chi connectivity index (χ3n) is 3.18. The molecule has 2 aromatic carbocycles. The van der Waals surface area contributed by atoms with E-state index in [1.165, 1.54) is 23.0 Å². The van der Waals surface area contributed by atoms with Crippen molar-refractivity contribution in [3.63, 3.8) is 0 Å². The Morgan fingerprint density at radius 3 is 2.21 bits per heavy atom. The topological polar surface area (TPSA) is 32.7 Å². The van der Waals surface area contributed by atoms with Crippen LogP contribution in [0.2, 0.25) is 10.0 Å². The number of hydrazone groups is 1. The minimum Gasteiger partial charge on any atom is -0.266 e. The van der Waals surface area contributed by atoms with Gasteiger partial charge in [-0.25, -0.2) is 0 Å². The standard InChI is InChI=1S/C17H10Cl2N2OS2/c18-13-7-3-1-5-11(13)9-15-16(22)21(17(23)24-15)20-10-12-6-2-4-8-14(12)19/h1-10H/b15-9-,20-10+. The van der Waals surface area contributed by atoms with Crippen molar-refractivity contribution in [3.05, 3.63) is 74.6 Å². The van der Waals surface area contributed by atoms with E-state index in [2.05, 4.69) is 5.10 Å². The number of thiocarbonyl (C=S) groups is 1. The fourth-order valence-corrected chi connectivity index (χ4v) is 3.53. The van der Waals surface area contributed by atoms with E-state index >= 15 is 0 Å². The second-order valence-corrected chi connectivity index (χ2v) is 7.27. The van der Waals surface area contributed by atoms with Crippen molar-refractivity contribution in [2.24, 2.45) is 5.10 Å². The minimum atomic E-state index is -0.284. The smallest absolute Gasteiger partial charge is 0.266 e. The second kappa shape index (κ2) is 7.49. The highest BCUT2D eigenvalue weighted by atomic mass is 35.5. The molecule has 1 saturated heterocycles. The maximum Gasteiger partial charge on any atom is 0.286 e. The van der Waals surface area contributed by atoms with Crippen LogP contribution in [0.25, 0.3) is 6.08 Å². The van der Waals surface area contributed by atoms with Gasteiger partial charge in [0, 0.05) is 15.6 Å². The zero-order valence-electron chi connectivity index (χ0n) is 12.1. The van der Waals surface area contributed by atoms with E-state index in [-0.39, 0.29) is 5.91 Å². The number of carbonyl (C=O) groups is 1. The number of benzene rings is 2. The molecule has 1 aliphatic heterocycles. The van der Waals surface area contributed by atoms with E-state index in [0.717, 1.165) is 5.56 Å². The molecule has 0 bridgehead atoms. The molecule has 1 heterocycles. The van der Waals surface area contributed by atoms with Crippen LogP contribution in [-0.4, -0.2) is 21.5 Å². The van der Waals surface area contributed by atoms with Crippen molar-refractivity contribution in [1.29, 1.82) is 0 Å². The minimum absolute atomic E-state index is 0.284. The van der Waals surface area contributed by atoms with Crippen LogP contribution >= 0.6 is 47.2 Å². The van der Waals surface area contributed by atoms with Gasteiger partial charge in [0.1, 0.15) is 0 Å². The molecule has 3 rings (SSSR count). The summed E-state index contributed by atoms with van der Waals surface area (Å²) in [6.07, 6.45) is 3.23. The SMILES string of the molecule is O=C1/C(=C/c2ccccc2Cl)SC(=S)N1/N=C/c1ccccc1Cl. The quantitative estimate of drug-likeness (QED) is 0.407. The Bertz CT molecular complexity index is 880. The molecule has 1 aliphatic rings. The Labute approximate surface area is 158 Å². The van der Waals surface area contributed by atoms with Crippen molar-refractivity contribution in [3.8, 4) is 0 Å². The zero-order chi connectivity index (χ0) is 17.1. The maximum absolute atomic E-state index is 12.5. The van der Waals surface area contributed by atoms with Gasteiger partial charge in [-0.05, 0) is 36.0 Å². The Balaban J connectivity index is 1.85. The summed E-state index contributed by atoms with van der Waals surface area (Å²) in [5.74, 6) is -0.284. The molecule has 0 saturated carbocycles. The molecule has 1 amide bonds. The van der Waals surface area contributed by atoms with Crippen molar-refractivity contribution in [2.75, 3.05) is 0 Å². The third-order valence-corrected chi connectivity index (χ3v) is 5.15. The Morgan fingerprint density at radius 1 is 1.00 bits per heavy atom. The molecule has 1 fully saturated rings. The van der Waals surface area contributed by atoms with Crippen molar-refractivity contribution >= 4 is 69.7 Å². The monoisotopic (exact) mass is 392 g/mol. The summed E-state index contributed by atoms with van der Waals surface area (Å²) in [4.78, 5) is 13.0. The Hall–Kier alpha value is -1.66. The molecular formula is C17H10Cl2N2OS2. The summed E-state index contributed by atoms with van der Waals surface area (Å²) in [7, 11) is 0. The van der Waals surface area contributed by atoms with Gasteiger partial charge in [-0.1, -0.05) is 71.4 Å². The van der Waals surface area contributed by atoms with Crippen LogP contribution in [0.1, 0.15) is 11.1 Å². The van der Waals surface area contributed by atoms with Crippen molar-refractivity contribution in [1.82, 2.24) is 5.01 Å². The number of amides is 1. The number of carbonyl (C=O) groups excluding carboxylic acids is 1. The highest BCUT2D eigenvalue weighted by Gasteiger charge is 2.32. The normalized spacial score (nSPS) is 16.6. The van der Waals surface area contributed by atoms with Crippen LogP contribution in [0.15, 0.2) is 58.5 Å². The maximum atomic E-state index is 12.5. The van der Waals surface area contributed by atoms with Gasteiger partial charge in [-0.3, -0.25) is 4.79 Å². The molecular weight excluding hydrogens is 383 g/mol. The largest absolute Gasteiger partial charge is 0.286 e.